The van der Waals surface area contributed by atoms with Crippen LogP contribution in [0, 0.1) is 5.92 Å². The summed E-state index contributed by atoms with van der Waals surface area (Å²) in [5, 5.41) is 5.43. The van der Waals surface area contributed by atoms with E-state index in [9.17, 15) is 9.59 Å². The molecule has 5 heteroatoms. The van der Waals surface area contributed by atoms with Crippen molar-refractivity contribution in [2.75, 3.05) is 18.5 Å². The number of hydrogen-bond acceptors (Lipinski definition) is 3. The first-order valence-corrected chi connectivity index (χ1v) is 6.85. The van der Waals surface area contributed by atoms with Gasteiger partial charge in [0, 0.05) is 17.8 Å². The van der Waals surface area contributed by atoms with E-state index in [2.05, 4.69) is 24.5 Å². The highest BCUT2D eigenvalue weighted by atomic mass is 16.5. The lowest BCUT2D eigenvalue weighted by molar-refractivity contribution is 0.0952. The fourth-order valence-corrected chi connectivity index (χ4v) is 1.57. The molecule has 1 rings (SSSR count). The summed E-state index contributed by atoms with van der Waals surface area (Å²) >= 11 is 0. The number of nitrogens with one attached hydrogen (secondary N) is 2. The molecule has 0 radical (unpaired) electrons. The molecule has 0 saturated heterocycles. The number of ether oxygens (including phenoxy) is 1. The number of anilines is 1. The van der Waals surface area contributed by atoms with E-state index in [-0.39, 0.29) is 5.91 Å². The highest BCUT2D eigenvalue weighted by Gasteiger charge is 2.06. The van der Waals surface area contributed by atoms with Gasteiger partial charge < -0.3 is 10.1 Å². The maximum Gasteiger partial charge on any atom is 0.411 e. The van der Waals surface area contributed by atoms with Gasteiger partial charge in [0.05, 0.1) is 6.61 Å². The van der Waals surface area contributed by atoms with Crippen LogP contribution < -0.4 is 10.6 Å². The van der Waals surface area contributed by atoms with Crippen LogP contribution in [0.15, 0.2) is 24.3 Å². The summed E-state index contributed by atoms with van der Waals surface area (Å²) in [7, 11) is 0. The minimum atomic E-state index is -0.498. The second-order valence-electron chi connectivity index (χ2n) is 4.86. The van der Waals surface area contributed by atoms with Crippen molar-refractivity contribution in [3.05, 3.63) is 29.8 Å². The van der Waals surface area contributed by atoms with Crippen LogP contribution in [0.2, 0.25) is 0 Å². The topological polar surface area (TPSA) is 67.4 Å². The molecule has 0 aliphatic heterocycles. The van der Waals surface area contributed by atoms with Gasteiger partial charge in [0.25, 0.3) is 5.91 Å². The van der Waals surface area contributed by atoms with Gasteiger partial charge >= 0.3 is 6.09 Å². The van der Waals surface area contributed by atoms with Crippen LogP contribution in [0.4, 0.5) is 10.5 Å². The van der Waals surface area contributed by atoms with Crippen molar-refractivity contribution in [2.24, 2.45) is 5.92 Å². The van der Waals surface area contributed by atoms with Gasteiger partial charge in [-0.15, -0.1) is 0 Å². The summed E-state index contributed by atoms with van der Waals surface area (Å²) in [6.07, 6.45) is 0.454. The van der Waals surface area contributed by atoms with Crippen LogP contribution in [0.3, 0.4) is 0 Å². The van der Waals surface area contributed by atoms with E-state index in [1.54, 1.807) is 31.2 Å². The predicted octanol–water partition coefficient (Wildman–Crippen LogP) is 3.03. The first kappa shape index (κ1) is 16.0. The lowest BCUT2D eigenvalue weighted by atomic mass is 10.1. The summed E-state index contributed by atoms with van der Waals surface area (Å²) in [6, 6.07) is 6.70. The average molecular weight is 278 g/mol. The van der Waals surface area contributed by atoms with E-state index in [0.717, 1.165) is 6.42 Å². The molecule has 0 unspecified atom stereocenters. The van der Waals surface area contributed by atoms with E-state index in [0.29, 0.717) is 30.3 Å². The fourth-order valence-electron chi connectivity index (χ4n) is 1.57. The SMILES string of the molecule is CCOC(=O)Nc1ccc(C(=O)NCCC(C)C)cc1. The Bertz CT molecular complexity index is 441. The number of carbonyl (C=O) groups excluding carboxylic acids is 2. The Balaban J connectivity index is 2.49. The summed E-state index contributed by atoms with van der Waals surface area (Å²) < 4.78 is 4.77. The third kappa shape index (κ3) is 5.73. The monoisotopic (exact) mass is 278 g/mol. The van der Waals surface area contributed by atoms with Crippen LogP contribution in [0.1, 0.15) is 37.6 Å². The normalized spacial score (nSPS) is 10.2. The molecule has 110 valence electrons. The molecule has 0 bridgehead atoms. The zero-order valence-corrected chi connectivity index (χ0v) is 12.2. The Morgan fingerprint density at radius 3 is 2.40 bits per heavy atom. The molecule has 1 aromatic rings. The van der Waals surface area contributed by atoms with Gasteiger partial charge in [-0.05, 0) is 43.5 Å². The Labute approximate surface area is 119 Å². The zero-order valence-electron chi connectivity index (χ0n) is 12.2. The minimum Gasteiger partial charge on any atom is -0.450 e. The second kappa shape index (κ2) is 8.19. The van der Waals surface area contributed by atoms with Gasteiger partial charge in [-0.25, -0.2) is 4.79 Å². The summed E-state index contributed by atoms with van der Waals surface area (Å²) in [6.45, 7) is 6.95. The van der Waals surface area contributed by atoms with E-state index in [1.165, 1.54) is 0 Å². The molecule has 0 heterocycles. The average Bonchev–Trinajstić information content (AvgIpc) is 2.39. The standard InChI is InChI=1S/C15H22N2O3/c1-4-20-15(19)17-13-7-5-12(6-8-13)14(18)16-10-9-11(2)3/h5-8,11H,4,9-10H2,1-3H3,(H,16,18)(H,17,19). The first-order valence-electron chi connectivity index (χ1n) is 6.85. The van der Waals surface area contributed by atoms with Crippen LogP contribution in [-0.2, 0) is 4.74 Å². The molecule has 20 heavy (non-hydrogen) atoms. The fraction of sp³-hybridized carbons (Fsp3) is 0.467. The zero-order chi connectivity index (χ0) is 15.0. The van der Waals surface area contributed by atoms with Crippen molar-refractivity contribution in [1.29, 1.82) is 0 Å². The molecule has 0 aromatic heterocycles. The number of carbonyl (C=O) groups is 2. The minimum absolute atomic E-state index is 0.103. The third-order valence-corrected chi connectivity index (χ3v) is 2.68. The van der Waals surface area contributed by atoms with E-state index < -0.39 is 6.09 Å². The van der Waals surface area contributed by atoms with Crippen molar-refractivity contribution in [2.45, 2.75) is 27.2 Å². The molecule has 2 amide bonds. The van der Waals surface area contributed by atoms with Gasteiger partial charge in [-0.1, -0.05) is 13.8 Å². The molecule has 0 atom stereocenters. The molecule has 0 aliphatic carbocycles. The van der Waals surface area contributed by atoms with Gasteiger partial charge in [0.2, 0.25) is 0 Å². The molecular formula is C15H22N2O3. The summed E-state index contributed by atoms with van der Waals surface area (Å²) in [5.74, 6) is 0.458. The van der Waals surface area contributed by atoms with Gasteiger partial charge in [0.15, 0.2) is 0 Å². The predicted molar refractivity (Wildman–Crippen MR) is 78.9 cm³/mol. The van der Waals surface area contributed by atoms with Crippen molar-refractivity contribution >= 4 is 17.7 Å². The van der Waals surface area contributed by atoms with Crippen molar-refractivity contribution in [1.82, 2.24) is 5.32 Å². The van der Waals surface area contributed by atoms with E-state index >= 15 is 0 Å². The number of benzene rings is 1. The Morgan fingerprint density at radius 1 is 1.20 bits per heavy atom. The molecule has 5 nitrogen and oxygen atoms in total. The maximum absolute atomic E-state index is 11.8. The van der Waals surface area contributed by atoms with Crippen molar-refractivity contribution in [3.8, 4) is 0 Å². The van der Waals surface area contributed by atoms with Crippen LogP contribution in [0.5, 0.6) is 0 Å². The van der Waals surface area contributed by atoms with Gasteiger partial charge in [0.1, 0.15) is 0 Å². The maximum atomic E-state index is 11.8. The third-order valence-electron chi connectivity index (χ3n) is 2.68. The Morgan fingerprint density at radius 2 is 1.85 bits per heavy atom. The molecule has 0 aliphatic rings. The summed E-state index contributed by atoms with van der Waals surface area (Å²) in [4.78, 5) is 23.1. The van der Waals surface area contributed by atoms with Gasteiger partial charge in [-0.3, -0.25) is 10.1 Å². The molecule has 0 spiro atoms. The number of amides is 2. The quantitative estimate of drug-likeness (QED) is 0.840. The molecular weight excluding hydrogens is 256 g/mol. The van der Waals surface area contributed by atoms with Crippen molar-refractivity contribution in [3.63, 3.8) is 0 Å². The van der Waals surface area contributed by atoms with E-state index in [1.807, 2.05) is 0 Å². The van der Waals surface area contributed by atoms with Crippen LogP contribution >= 0.6 is 0 Å². The largest absolute Gasteiger partial charge is 0.450 e. The first-order chi connectivity index (χ1) is 9.52. The van der Waals surface area contributed by atoms with Crippen LogP contribution in [-0.4, -0.2) is 25.2 Å². The van der Waals surface area contributed by atoms with Crippen LogP contribution in [0.25, 0.3) is 0 Å². The number of hydrogen-bond donors (Lipinski definition) is 2. The highest BCUT2D eigenvalue weighted by Crippen LogP contribution is 2.10. The lowest BCUT2D eigenvalue weighted by Gasteiger charge is -2.08. The smallest absolute Gasteiger partial charge is 0.411 e. The molecule has 0 fully saturated rings. The summed E-state index contributed by atoms with van der Waals surface area (Å²) in [5.41, 5.74) is 1.17. The van der Waals surface area contributed by atoms with Gasteiger partial charge in [-0.2, -0.15) is 0 Å². The Kier molecular flexibility index (Phi) is 6.56. The molecule has 1 aromatic carbocycles. The lowest BCUT2D eigenvalue weighted by Crippen LogP contribution is -2.25. The highest BCUT2D eigenvalue weighted by molar-refractivity contribution is 5.95. The second-order valence-corrected chi connectivity index (χ2v) is 4.86. The molecule has 2 N–H and O–H groups in total. The van der Waals surface area contributed by atoms with E-state index in [4.69, 9.17) is 4.74 Å². The Hall–Kier alpha value is -2.04. The molecule has 0 saturated carbocycles. The number of rotatable bonds is 6. The van der Waals surface area contributed by atoms with Crippen molar-refractivity contribution < 1.29 is 14.3 Å².